The first-order valence-corrected chi connectivity index (χ1v) is 4.42. The van der Waals surface area contributed by atoms with Gasteiger partial charge in [-0.25, -0.2) is 0 Å². The van der Waals surface area contributed by atoms with Crippen molar-refractivity contribution in [2.75, 3.05) is 0 Å². The van der Waals surface area contributed by atoms with E-state index < -0.39 is 24.1 Å². The van der Waals surface area contributed by atoms with E-state index in [2.05, 4.69) is 5.92 Å². The Kier molecular flexibility index (Phi) is 3.27. The molecular weight excluding hydrogens is 184 g/mol. The van der Waals surface area contributed by atoms with Crippen molar-refractivity contribution >= 4 is 6.29 Å². The Morgan fingerprint density at radius 2 is 2.29 bits per heavy atom. The average Bonchev–Trinajstić information content (AvgIpc) is 2.41. The SMILES string of the molecule is C#CC[C@@H](O)[C@H]1OC(C)(C)O[C@@H]1C=O. The molecule has 1 fully saturated rings. The lowest BCUT2D eigenvalue weighted by Gasteiger charge is -2.19. The predicted octanol–water partition coefficient (Wildman–Crippen LogP) is 0.0896. The third-order valence-corrected chi connectivity index (χ3v) is 2.00. The summed E-state index contributed by atoms with van der Waals surface area (Å²) in [6.45, 7) is 3.37. The second-order valence-electron chi connectivity index (χ2n) is 3.68. The second kappa shape index (κ2) is 4.09. The largest absolute Gasteiger partial charge is 0.389 e. The molecule has 0 aliphatic carbocycles. The highest BCUT2D eigenvalue weighted by molar-refractivity contribution is 5.58. The van der Waals surface area contributed by atoms with Gasteiger partial charge in [-0.2, -0.15) is 0 Å². The van der Waals surface area contributed by atoms with E-state index in [0.717, 1.165) is 0 Å². The first kappa shape index (κ1) is 11.2. The minimum atomic E-state index is -0.864. The summed E-state index contributed by atoms with van der Waals surface area (Å²) in [7, 11) is 0. The van der Waals surface area contributed by atoms with Crippen LogP contribution in [0.3, 0.4) is 0 Å². The van der Waals surface area contributed by atoms with Crippen molar-refractivity contribution in [3.05, 3.63) is 0 Å². The molecule has 4 heteroatoms. The van der Waals surface area contributed by atoms with E-state index in [1.807, 2.05) is 0 Å². The smallest absolute Gasteiger partial charge is 0.164 e. The van der Waals surface area contributed by atoms with Crippen LogP contribution < -0.4 is 0 Å². The fourth-order valence-corrected chi connectivity index (χ4v) is 1.46. The van der Waals surface area contributed by atoms with E-state index in [-0.39, 0.29) is 6.42 Å². The number of aliphatic hydroxyl groups is 1. The summed E-state index contributed by atoms with van der Waals surface area (Å²) in [5.41, 5.74) is 0. The summed E-state index contributed by atoms with van der Waals surface area (Å²) < 4.78 is 10.6. The van der Waals surface area contributed by atoms with Crippen LogP contribution in [0.15, 0.2) is 0 Å². The van der Waals surface area contributed by atoms with Crippen LogP contribution in [-0.4, -0.2) is 35.5 Å². The highest BCUT2D eigenvalue weighted by Gasteiger charge is 2.44. The third-order valence-electron chi connectivity index (χ3n) is 2.00. The van der Waals surface area contributed by atoms with E-state index in [4.69, 9.17) is 15.9 Å². The van der Waals surface area contributed by atoms with Gasteiger partial charge in [0, 0.05) is 6.42 Å². The molecule has 0 amide bonds. The zero-order valence-corrected chi connectivity index (χ0v) is 8.27. The van der Waals surface area contributed by atoms with Gasteiger partial charge in [-0.05, 0) is 13.8 Å². The minimum Gasteiger partial charge on any atom is -0.389 e. The Morgan fingerprint density at radius 1 is 1.64 bits per heavy atom. The summed E-state index contributed by atoms with van der Waals surface area (Å²) in [6, 6.07) is 0. The van der Waals surface area contributed by atoms with Gasteiger partial charge in [0.15, 0.2) is 12.1 Å². The number of rotatable bonds is 3. The van der Waals surface area contributed by atoms with E-state index >= 15 is 0 Å². The van der Waals surface area contributed by atoms with Gasteiger partial charge in [0.2, 0.25) is 0 Å². The zero-order valence-electron chi connectivity index (χ0n) is 8.27. The van der Waals surface area contributed by atoms with Crippen LogP contribution in [0.1, 0.15) is 20.3 Å². The molecule has 0 bridgehead atoms. The van der Waals surface area contributed by atoms with E-state index in [9.17, 15) is 9.90 Å². The molecule has 0 aromatic carbocycles. The standard InChI is InChI=1S/C10H14O4/c1-4-5-7(12)9-8(6-11)13-10(2,3)14-9/h1,6-9,12H,5H2,2-3H3/t7-,8-,9-/m1/s1. The third kappa shape index (κ3) is 2.32. The van der Waals surface area contributed by atoms with Gasteiger partial charge in [-0.1, -0.05) is 0 Å². The molecular formula is C10H14O4. The van der Waals surface area contributed by atoms with Gasteiger partial charge >= 0.3 is 0 Å². The van der Waals surface area contributed by atoms with Crippen molar-refractivity contribution in [2.24, 2.45) is 0 Å². The van der Waals surface area contributed by atoms with E-state index in [0.29, 0.717) is 6.29 Å². The monoisotopic (exact) mass is 198 g/mol. The molecule has 1 aliphatic heterocycles. The fraction of sp³-hybridized carbons (Fsp3) is 0.700. The van der Waals surface area contributed by atoms with Crippen molar-refractivity contribution < 1.29 is 19.4 Å². The molecule has 78 valence electrons. The average molecular weight is 198 g/mol. The maximum absolute atomic E-state index is 10.6. The first-order chi connectivity index (χ1) is 6.50. The molecule has 1 rings (SSSR count). The topological polar surface area (TPSA) is 55.8 Å². The minimum absolute atomic E-state index is 0.147. The molecule has 1 aliphatic rings. The number of aldehydes is 1. The number of hydrogen-bond donors (Lipinski definition) is 1. The Labute approximate surface area is 83.2 Å². The van der Waals surface area contributed by atoms with E-state index in [1.54, 1.807) is 13.8 Å². The number of aliphatic hydroxyl groups excluding tert-OH is 1. The van der Waals surface area contributed by atoms with Crippen molar-refractivity contribution in [1.82, 2.24) is 0 Å². The van der Waals surface area contributed by atoms with Gasteiger partial charge in [-0.3, -0.25) is 0 Å². The lowest BCUT2D eigenvalue weighted by Crippen LogP contribution is -2.35. The molecule has 14 heavy (non-hydrogen) atoms. The number of carbonyl (C=O) groups is 1. The van der Waals surface area contributed by atoms with Crippen LogP contribution in [0, 0.1) is 12.3 Å². The van der Waals surface area contributed by atoms with Gasteiger partial charge in [-0.15, -0.1) is 12.3 Å². The Morgan fingerprint density at radius 3 is 2.79 bits per heavy atom. The van der Waals surface area contributed by atoms with Crippen LogP contribution in [0.25, 0.3) is 0 Å². The molecule has 0 aromatic heterocycles. The first-order valence-electron chi connectivity index (χ1n) is 4.42. The predicted molar refractivity (Wildman–Crippen MR) is 49.3 cm³/mol. The van der Waals surface area contributed by atoms with Gasteiger partial charge < -0.3 is 19.4 Å². The molecule has 1 N–H and O–H groups in total. The lowest BCUT2D eigenvalue weighted by atomic mass is 10.1. The second-order valence-corrected chi connectivity index (χ2v) is 3.68. The van der Waals surface area contributed by atoms with Gasteiger partial charge in [0.05, 0.1) is 6.10 Å². The van der Waals surface area contributed by atoms with E-state index in [1.165, 1.54) is 0 Å². The van der Waals surface area contributed by atoms with Crippen molar-refractivity contribution in [1.29, 1.82) is 0 Å². The van der Waals surface area contributed by atoms with Gasteiger partial charge in [0.25, 0.3) is 0 Å². The summed E-state index contributed by atoms with van der Waals surface area (Å²) in [6.07, 6.45) is 3.55. The van der Waals surface area contributed by atoms with Crippen LogP contribution in [0.2, 0.25) is 0 Å². The summed E-state index contributed by atoms with van der Waals surface area (Å²) >= 11 is 0. The summed E-state index contributed by atoms with van der Waals surface area (Å²) in [5.74, 6) is 1.47. The van der Waals surface area contributed by atoms with Crippen LogP contribution in [0.4, 0.5) is 0 Å². The molecule has 0 unspecified atom stereocenters. The summed E-state index contributed by atoms with van der Waals surface area (Å²) in [5, 5.41) is 9.58. The number of carbonyl (C=O) groups excluding carboxylic acids is 1. The molecule has 1 saturated heterocycles. The molecule has 3 atom stereocenters. The highest BCUT2D eigenvalue weighted by Crippen LogP contribution is 2.29. The Bertz CT molecular complexity index is 253. The number of terminal acetylenes is 1. The number of hydrogen-bond acceptors (Lipinski definition) is 4. The lowest BCUT2D eigenvalue weighted by molar-refractivity contribution is -0.156. The van der Waals surface area contributed by atoms with Crippen LogP contribution >= 0.6 is 0 Å². The zero-order chi connectivity index (χ0) is 10.8. The fourth-order valence-electron chi connectivity index (χ4n) is 1.46. The Balaban J connectivity index is 2.69. The molecule has 0 radical (unpaired) electrons. The van der Waals surface area contributed by atoms with Crippen molar-refractivity contribution in [3.63, 3.8) is 0 Å². The summed E-state index contributed by atoms with van der Waals surface area (Å²) in [4.78, 5) is 10.6. The van der Waals surface area contributed by atoms with Crippen molar-refractivity contribution in [3.8, 4) is 12.3 Å². The quantitative estimate of drug-likeness (QED) is 0.516. The van der Waals surface area contributed by atoms with Crippen molar-refractivity contribution in [2.45, 2.75) is 44.4 Å². The maximum atomic E-state index is 10.6. The van der Waals surface area contributed by atoms with Crippen LogP contribution in [-0.2, 0) is 14.3 Å². The number of ether oxygens (including phenoxy) is 2. The molecule has 0 aromatic rings. The normalized spacial score (nSPS) is 32.1. The maximum Gasteiger partial charge on any atom is 0.164 e. The molecule has 4 nitrogen and oxygen atoms in total. The Hall–Kier alpha value is -0.890. The van der Waals surface area contributed by atoms with Crippen LogP contribution in [0.5, 0.6) is 0 Å². The highest BCUT2D eigenvalue weighted by atomic mass is 16.8. The molecule has 0 saturated carbocycles. The van der Waals surface area contributed by atoms with Gasteiger partial charge in [0.1, 0.15) is 12.2 Å². The molecule has 0 spiro atoms. The molecule has 1 heterocycles.